The summed E-state index contributed by atoms with van der Waals surface area (Å²) in [6.07, 6.45) is 2.71. The van der Waals surface area contributed by atoms with E-state index in [1.807, 2.05) is 13.8 Å². The molecule has 1 heterocycles. The summed E-state index contributed by atoms with van der Waals surface area (Å²) in [4.78, 5) is 25.2. The van der Waals surface area contributed by atoms with E-state index in [1.54, 1.807) is 29.2 Å². The molecule has 2 aromatic carbocycles. The van der Waals surface area contributed by atoms with Crippen molar-refractivity contribution in [1.29, 1.82) is 0 Å². The second kappa shape index (κ2) is 9.76. The Morgan fingerprint density at radius 2 is 1.78 bits per heavy atom. The van der Waals surface area contributed by atoms with Crippen LogP contribution in [0.2, 0.25) is 5.02 Å². The molecule has 1 saturated heterocycles. The van der Waals surface area contributed by atoms with Crippen molar-refractivity contribution >= 4 is 54.8 Å². The van der Waals surface area contributed by atoms with Crippen LogP contribution in [0.3, 0.4) is 0 Å². The Morgan fingerprint density at radius 3 is 2.34 bits per heavy atom. The Kier molecular flexibility index (Phi) is 7.46. The van der Waals surface area contributed by atoms with Gasteiger partial charge in [0.15, 0.2) is 0 Å². The minimum atomic E-state index is -4.30. The van der Waals surface area contributed by atoms with Crippen LogP contribution < -0.4 is 4.31 Å². The van der Waals surface area contributed by atoms with Gasteiger partial charge < -0.3 is 4.90 Å². The highest BCUT2D eigenvalue weighted by Gasteiger charge is 2.34. The molecule has 3 rings (SSSR count). The number of nitrogens with zero attached hydrogens (tertiary/aromatic N) is 3. The van der Waals surface area contributed by atoms with Crippen molar-refractivity contribution in [2.24, 2.45) is 0 Å². The molecule has 1 amide bonds. The van der Waals surface area contributed by atoms with Gasteiger partial charge in [0.05, 0.1) is 15.5 Å². The number of anilines is 1. The van der Waals surface area contributed by atoms with Gasteiger partial charge in [0.1, 0.15) is 11.6 Å². The molecule has 2 atom stereocenters. The highest BCUT2D eigenvalue weighted by atomic mass is 79.9. The Labute approximate surface area is 200 Å². The normalized spacial score (nSPS) is 18.9. The van der Waals surface area contributed by atoms with E-state index in [0.717, 1.165) is 34.1 Å². The number of sulfonamides is 1. The standard InChI is InChI=1S/C21H23BrClN3O5S/c1-14-4-3-5-15(2)25(14)21(27)13-24(17-8-6-16(22)7-9-17)32(30,31)18-10-11-19(23)20(12-18)26(28)29/h6-12,14-15H,3-5,13H2,1-2H3. The van der Waals surface area contributed by atoms with Crippen molar-refractivity contribution in [3.63, 3.8) is 0 Å². The minimum absolute atomic E-state index is 0.00246. The molecule has 2 aromatic rings. The average molecular weight is 545 g/mol. The fraction of sp³-hybridized carbons (Fsp3) is 0.381. The van der Waals surface area contributed by atoms with Gasteiger partial charge in [-0.1, -0.05) is 27.5 Å². The lowest BCUT2D eigenvalue weighted by Crippen LogP contribution is -2.52. The molecule has 0 saturated carbocycles. The van der Waals surface area contributed by atoms with Gasteiger partial charge in [-0.25, -0.2) is 8.42 Å². The molecule has 0 N–H and O–H groups in total. The number of amides is 1. The number of nitro groups is 1. The van der Waals surface area contributed by atoms with Crippen LogP contribution in [0.15, 0.2) is 51.8 Å². The first-order valence-electron chi connectivity index (χ1n) is 10.1. The molecule has 0 aliphatic carbocycles. The zero-order valence-electron chi connectivity index (χ0n) is 17.6. The monoisotopic (exact) mass is 543 g/mol. The molecule has 1 aliphatic heterocycles. The second-order valence-electron chi connectivity index (χ2n) is 7.79. The van der Waals surface area contributed by atoms with Gasteiger partial charge >= 0.3 is 0 Å². The summed E-state index contributed by atoms with van der Waals surface area (Å²) < 4.78 is 28.9. The number of likely N-dealkylation sites (tertiary alicyclic amines) is 1. The molecule has 1 fully saturated rings. The van der Waals surface area contributed by atoms with Gasteiger partial charge in [-0.15, -0.1) is 0 Å². The second-order valence-corrected chi connectivity index (χ2v) is 11.0. The Balaban J connectivity index is 2.05. The highest BCUT2D eigenvalue weighted by Crippen LogP contribution is 2.32. The summed E-state index contributed by atoms with van der Waals surface area (Å²) in [5.74, 6) is -0.320. The smallest absolute Gasteiger partial charge is 0.289 e. The van der Waals surface area contributed by atoms with Crippen molar-refractivity contribution in [1.82, 2.24) is 4.90 Å². The van der Waals surface area contributed by atoms with Crippen LogP contribution in [0.4, 0.5) is 11.4 Å². The van der Waals surface area contributed by atoms with Crippen LogP contribution in [-0.2, 0) is 14.8 Å². The van der Waals surface area contributed by atoms with Crippen LogP contribution in [0, 0.1) is 10.1 Å². The van der Waals surface area contributed by atoms with Gasteiger partial charge in [0, 0.05) is 22.6 Å². The van der Waals surface area contributed by atoms with Crippen LogP contribution in [0.25, 0.3) is 0 Å². The van der Waals surface area contributed by atoms with E-state index in [9.17, 15) is 23.3 Å². The number of benzene rings is 2. The summed E-state index contributed by atoms with van der Waals surface area (Å²) >= 11 is 9.18. The van der Waals surface area contributed by atoms with Crippen LogP contribution >= 0.6 is 27.5 Å². The SMILES string of the molecule is CC1CCCC(C)N1C(=O)CN(c1ccc(Br)cc1)S(=O)(=O)c1ccc(Cl)c([N+](=O)[O-])c1. The van der Waals surface area contributed by atoms with Gasteiger partial charge in [-0.05, 0) is 69.5 Å². The van der Waals surface area contributed by atoms with E-state index < -0.39 is 27.2 Å². The average Bonchev–Trinajstić information content (AvgIpc) is 2.72. The quantitative estimate of drug-likeness (QED) is 0.376. The number of nitro benzene ring substituents is 1. The number of rotatable bonds is 6. The molecule has 11 heteroatoms. The molecular formula is C21H23BrClN3O5S. The topological polar surface area (TPSA) is 101 Å². The number of piperidine rings is 1. The van der Waals surface area contributed by atoms with E-state index in [1.165, 1.54) is 12.1 Å². The predicted octanol–water partition coefficient (Wildman–Crippen LogP) is 5.00. The lowest BCUT2D eigenvalue weighted by Gasteiger charge is -2.40. The fourth-order valence-electron chi connectivity index (χ4n) is 3.96. The lowest BCUT2D eigenvalue weighted by molar-refractivity contribution is -0.384. The third kappa shape index (κ3) is 5.07. The molecule has 0 bridgehead atoms. The van der Waals surface area contributed by atoms with Crippen LogP contribution in [-0.4, -0.2) is 42.8 Å². The molecule has 32 heavy (non-hydrogen) atoms. The first-order valence-corrected chi connectivity index (χ1v) is 12.7. The molecular weight excluding hydrogens is 522 g/mol. The Morgan fingerprint density at radius 1 is 1.19 bits per heavy atom. The van der Waals surface area contributed by atoms with Gasteiger partial charge in [-0.3, -0.25) is 19.2 Å². The molecule has 0 radical (unpaired) electrons. The van der Waals surface area contributed by atoms with Crippen LogP contribution in [0.1, 0.15) is 33.1 Å². The van der Waals surface area contributed by atoms with E-state index in [4.69, 9.17) is 11.6 Å². The zero-order chi connectivity index (χ0) is 23.6. The molecule has 2 unspecified atom stereocenters. The van der Waals surface area contributed by atoms with E-state index >= 15 is 0 Å². The number of carbonyl (C=O) groups is 1. The lowest BCUT2D eigenvalue weighted by atomic mass is 9.97. The predicted molar refractivity (Wildman–Crippen MR) is 126 cm³/mol. The largest absolute Gasteiger partial charge is 0.336 e. The summed E-state index contributed by atoms with van der Waals surface area (Å²) in [6, 6.07) is 9.76. The van der Waals surface area contributed by atoms with Crippen molar-refractivity contribution in [3.8, 4) is 0 Å². The summed E-state index contributed by atoms with van der Waals surface area (Å²) in [5.41, 5.74) is -0.246. The van der Waals surface area contributed by atoms with Crippen molar-refractivity contribution in [3.05, 3.63) is 62.1 Å². The number of hydrogen-bond donors (Lipinski definition) is 0. The fourth-order valence-corrected chi connectivity index (χ4v) is 5.85. The third-order valence-corrected chi connectivity index (χ3v) is 8.20. The summed E-state index contributed by atoms with van der Waals surface area (Å²) in [5, 5.41) is 11.1. The molecule has 8 nitrogen and oxygen atoms in total. The van der Waals surface area contributed by atoms with Gasteiger partial charge in [-0.2, -0.15) is 0 Å². The maximum Gasteiger partial charge on any atom is 0.289 e. The maximum atomic E-state index is 13.6. The zero-order valence-corrected chi connectivity index (χ0v) is 20.7. The number of hydrogen-bond acceptors (Lipinski definition) is 5. The van der Waals surface area contributed by atoms with E-state index in [2.05, 4.69) is 15.9 Å². The number of halogens is 2. The van der Waals surface area contributed by atoms with Crippen LogP contribution in [0.5, 0.6) is 0 Å². The summed E-state index contributed by atoms with van der Waals surface area (Å²) in [7, 11) is -4.30. The Bertz CT molecular complexity index is 1120. The Hall–Kier alpha value is -2.17. The molecule has 0 aromatic heterocycles. The van der Waals surface area contributed by atoms with E-state index in [0.29, 0.717) is 0 Å². The molecule has 0 spiro atoms. The highest BCUT2D eigenvalue weighted by molar-refractivity contribution is 9.10. The van der Waals surface area contributed by atoms with Crippen molar-refractivity contribution in [2.45, 2.75) is 50.1 Å². The van der Waals surface area contributed by atoms with Gasteiger partial charge in [0.2, 0.25) is 5.91 Å². The van der Waals surface area contributed by atoms with Crippen molar-refractivity contribution in [2.75, 3.05) is 10.8 Å². The first-order chi connectivity index (χ1) is 15.0. The van der Waals surface area contributed by atoms with Crippen molar-refractivity contribution < 1.29 is 18.1 Å². The summed E-state index contributed by atoms with van der Waals surface area (Å²) in [6.45, 7) is 3.48. The minimum Gasteiger partial charge on any atom is -0.336 e. The molecule has 172 valence electrons. The number of carbonyl (C=O) groups excluding carboxylic acids is 1. The first kappa shape index (κ1) is 24.5. The maximum absolute atomic E-state index is 13.6. The van der Waals surface area contributed by atoms with E-state index in [-0.39, 0.29) is 33.6 Å². The molecule has 1 aliphatic rings. The third-order valence-electron chi connectivity index (χ3n) is 5.58. The van der Waals surface area contributed by atoms with Gasteiger partial charge in [0.25, 0.3) is 15.7 Å².